The molecule has 1 aliphatic heterocycles. The highest BCUT2D eigenvalue weighted by molar-refractivity contribution is 6.30. The van der Waals surface area contributed by atoms with E-state index in [2.05, 4.69) is 46.6 Å². The Labute approximate surface area is 206 Å². The first-order valence-corrected chi connectivity index (χ1v) is 12.0. The lowest BCUT2D eigenvalue weighted by Gasteiger charge is -2.32. The Morgan fingerprint density at radius 2 is 1.74 bits per heavy atom. The van der Waals surface area contributed by atoms with Crippen molar-refractivity contribution in [3.63, 3.8) is 0 Å². The van der Waals surface area contributed by atoms with Gasteiger partial charge >= 0.3 is 0 Å². The van der Waals surface area contributed by atoms with Crippen LogP contribution in [0.2, 0.25) is 5.02 Å². The molecule has 3 aromatic carbocycles. The van der Waals surface area contributed by atoms with Gasteiger partial charge in [0.2, 0.25) is 0 Å². The summed E-state index contributed by atoms with van der Waals surface area (Å²) in [6.07, 6.45) is 2.26. The van der Waals surface area contributed by atoms with Crippen molar-refractivity contribution in [3.8, 4) is 11.5 Å². The number of hydrogen-bond donors (Lipinski definition) is 1. The molecule has 1 heterocycles. The van der Waals surface area contributed by atoms with Crippen molar-refractivity contribution in [2.45, 2.75) is 31.8 Å². The van der Waals surface area contributed by atoms with E-state index in [1.807, 2.05) is 12.1 Å². The van der Waals surface area contributed by atoms with Gasteiger partial charge in [-0.15, -0.1) is 0 Å². The van der Waals surface area contributed by atoms with E-state index >= 15 is 0 Å². The summed E-state index contributed by atoms with van der Waals surface area (Å²) in [6, 6.07) is 21.9. The van der Waals surface area contributed by atoms with Crippen LogP contribution in [0.1, 0.15) is 45.8 Å². The van der Waals surface area contributed by atoms with E-state index in [0.717, 1.165) is 43.1 Å². The van der Waals surface area contributed by atoms with Crippen LogP contribution in [0.4, 0.5) is 0 Å². The molecule has 0 aliphatic carbocycles. The third kappa shape index (κ3) is 6.10. The number of hydrogen-bond acceptors (Lipinski definition) is 4. The van der Waals surface area contributed by atoms with E-state index in [9.17, 15) is 4.79 Å². The van der Waals surface area contributed by atoms with Gasteiger partial charge in [-0.2, -0.15) is 0 Å². The number of likely N-dealkylation sites (tertiary alicyclic amines) is 1. The van der Waals surface area contributed by atoms with E-state index in [4.69, 9.17) is 21.1 Å². The van der Waals surface area contributed by atoms with Gasteiger partial charge in [0, 0.05) is 24.2 Å². The normalized spacial score (nSPS) is 14.6. The SMILES string of the molecule is COc1ccc(C(=O)NCc2cccc(C3CCN(Cc4ccc(Cl)cc4)CC3)c2)c(OC)c1. The monoisotopic (exact) mass is 478 g/mol. The van der Waals surface area contributed by atoms with Crippen molar-refractivity contribution in [1.82, 2.24) is 10.2 Å². The fourth-order valence-corrected chi connectivity index (χ4v) is 4.62. The van der Waals surface area contributed by atoms with Crippen LogP contribution in [0.15, 0.2) is 66.7 Å². The Morgan fingerprint density at radius 1 is 0.971 bits per heavy atom. The molecule has 178 valence electrons. The second-order valence-corrected chi connectivity index (χ2v) is 9.11. The van der Waals surface area contributed by atoms with Crippen molar-refractivity contribution in [3.05, 3.63) is 94.0 Å². The molecule has 0 saturated carbocycles. The van der Waals surface area contributed by atoms with Crippen LogP contribution in [0.5, 0.6) is 11.5 Å². The molecule has 0 atom stereocenters. The van der Waals surface area contributed by atoms with Gasteiger partial charge in [-0.1, -0.05) is 48.0 Å². The fraction of sp³-hybridized carbons (Fsp3) is 0.321. The summed E-state index contributed by atoms with van der Waals surface area (Å²) in [6.45, 7) is 3.58. The fourth-order valence-electron chi connectivity index (χ4n) is 4.49. The van der Waals surface area contributed by atoms with Crippen molar-refractivity contribution in [2.75, 3.05) is 27.3 Å². The summed E-state index contributed by atoms with van der Waals surface area (Å²) in [4.78, 5) is 15.2. The quantitative estimate of drug-likeness (QED) is 0.453. The number of benzene rings is 3. The maximum atomic E-state index is 12.7. The lowest BCUT2D eigenvalue weighted by atomic mass is 9.88. The van der Waals surface area contributed by atoms with Gasteiger partial charge in [-0.3, -0.25) is 9.69 Å². The Kier molecular flexibility index (Phi) is 8.09. The molecular weight excluding hydrogens is 448 g/mol. The minimum Gasteiger partial charge on any atom is -0.497 e. The van der Waals surface area contributed by atoms with Crippen LogP contribution in [0.3, 0.4) is 0 Å². The molecule has 0 unspecified atom stereocenters. The molecule has 1 N–H and O–H groups in total. The molecule has 1 saturated heterocycles. The molecule has 0 bridgehead atoms. The summed E-state index contributed by atoms with van der Waals surface area (Å²) in [5, 5.41) is 3.80. The molecule has 0 radical (unpaired) electrons. The summed E-state index contributed by atoms with van der Waals surface area (Å²) >= 11 is 6.00. The standard InChI is InChI=1S/C28H31ClN2O3/c1-33-25-10-11-26(27(17-25)34-2)28(32)30-18-21-4-3-5-23(16-21)22-12-14-31(15-13-22)19-20-6-8-24(29)9-7-20/h3-11,16-17,22H,12-15,18-19H2,1-2H3,(H,30,32). The van der Waals surface area contributed by atoms with Crippen LogP contribution in [0.25, 0.3) is 0 Å². The number of ether oxygens (including phenoxy) is 2. The van der Waals surface area contributed by atoms with E-state index in [-0.39, 0.29) is 5.91 Å². The minimum atomic E-state index is -0.166. The molecule has 5 nitrogen and oxygen atoms in total. The highest BCUT2D eigenvalue weighted by Gasteiger charge is 2.21. The Bertz CT molecular complexity index is 1110. The minimum absolute atomic E-state index is 0.166. The van der Waals surface area contributed by atoms with Gasteiger partial charge in [-0.05, 0) is 72.8 Å². The van der Waals surface area contributed by atoms with E-state index in [1.165, 1.54) is 11.1 Å². The van der Waals surface area contributed by atoms with Crippen LogP contribution in [-0.2, 0) is 13.1 Å². The summed E-state index contributed by atoms with van der Waals surface area (Å²) in [5.74, 6) is 1.52. The van der Waals surface area contributed by atoms with E-state index in [1.54, 1.807) is 32.4 Å². The Morgan fingerprint density at radius 3 is 2.44 bits per heavy atom. The number of carbonyl (C=O) groups excluding carboxylic acids is 1. The van der Waals surface area contributed by atoms with E-state index in [0.29, 0.717) is 29.5 Å². The number of nitrogens with zero attached hydrogens (tertiary/aromatic N) is 1. The third-order valence-corrected chi connectivity index (χ3v) is 6.69. The van der Waals surface area contributed by atoms with E-state index < -0.39 is 0 Å². The summed E-state index contributed by atoms with van der Waals surface area (Å²) in [7, 11) is 3.14. The summed E-state index contributed by atoms with van der Waals surface area (Å²) in [5.41, 5.74) is 4.24. The molecule has 0 spiro atoms. The first-order valence-electron chi connectivity index (χ1n) is 11.6. The Hall–Kier alpha value is -3.02. The van der Waals surface area contributed by atoms with Gasteiger partial charge in [0.1, 0.15) is 11.5 Å². The van der Waals surface area contributed by atoms with Crippen LogP contribution >= 0.6 is 11.6 Å². The highest BCUT2D eigenvalue weighted by Crippen LogP contribution is 2.29. The second-order valence-electron chi connectivity index (χ2n) is 8.67. The number of rotatable bonds is 8. The van der Waals surface area contributed by atoms with Gasteiger partial charge in [0.05, 0.1) is 19.8 Å². The predicted octanol–water partition coefficient (Wildman–Crippen LogP) is 5.67. The predicted molar refractivity (Wildman–Crippen MR) is 136 cm³/mol. The maximum Gasteiger partial charge on any atom is 0.255 e. The van der Waals surface area contributed by atoms with Crippen LogP contribution in [0, 0.1) is 0 Å². The van der Waals surface area contributed by atoms with Gasteiger partial charge in [0.15, 0.2) is 0 Å². The van der Waals surface area contributed by atoms with Crippen molar-refractivity contribution in [1.29, 1.82) is 0 Å². The number of methoxy groups -OCH3 is 2. The van der Waals surface area contributed by atoms with Crippen molar-refractivity contribution < 1.29 is 14.3 Å². The third-order valence-electron chi connectivity index (χ3n) is 6.44. The molecule has 1 amide bonds. The molecule has 0 aromatic heterocycles. The molecule has 6 heteroatoms. The van der Waals surface area contributed by atoms with Crippen LogP contribution < -0.4 is 14.8 Å². The first-order chi connectivity index (χ1) is 16.6. The topological polar surface area (TPSA) is 50.8 Å². The smallest absolute Gasteiger partial charge is 0.255 e. The number of amides is 1. The van der Waals surface area contributed by atoms with Crippen molar-refractivity contribution in [2.24, 2.45) is 0 Å². The number of piperidine rings is 1. The largest absolute Gasteiger partial charge is 0.497 e. The number of nitrogens with one attached hydrogen (secondary N) is 1. The molecule has 1 aliphatic rings. The second kappa shape index (κ2) is 11.4. The molecule has 4 rings (SSSR count). The average molecular weight is 479 g/mol. The molecule has 3 aromatic rings. The lowest BCUT2D eigenvalue weighted by Crippen LogP contribution is -2.32. The zero-order valence-electron chi connectivity index (χ0n) is 19.7. The molecule has 34 heavy (non-hydrogen) atoms. The average Bonchev–Trinajstić information content (AvgIpc) is 2.88. The van der Waals surface area contributed by atoms with Gasteiger partial charge in [0.25, 0.3) is 5.91 Å². The molecule has 1 fully saturated rings. The zero-order chi connectivity index (χ0) is 23.9. The van der Waals surface area contributed by atoms with Gasteiger partial charge < -0.3 is 14.8 Å². The summed E-state index contributed by atoms with van der Waals surface area (Å²) < 4.78 is 10.6. The van der Waals surface area contributed by atoms with Crippen LogP contribution in [-0.4, -0.2) is 38.1 Å². The number of halogens is 1. The highest BCUT2D eigenvalue weighted by atomic mass is 35.5. The maximum absolute atomic E-state index is 12.7. The van der Waals surface area contributed by atoms with Crippen molar-refractivity contribution >= 4 is 17.5 Å². The Balaban J connectivity index is 1.32. The lowest BCUT2D eigenvalue weighted by molar-refractivity contribution is 0.0948. The first kappa shape index (κ1) is 24.1. The van der Waals surface area contributed by atoms with Gasteiger partial charge in [-0.25, -0.2) is 0 Å². The molecular formula is C28H31ClN2O3. The zero-order valence-corrected chi connectivity index (χ0v) is 20.5. The number of carbonyl (C=O) groups is 1.